The molecule has 0 unspecified atom stereocenters. The number of carbonyl (C=O) groups excluding carboxylic acids is 1. The van der Waals surface area contributed by atoms with Crippen molar-refractivity contribution in [2.24, 2.45) is 0 Å². The maximum atomic E-state index is 12.9. The van der Waals surface area contributed by atoms with Crippen molar-refractivity contribution >= 4 is 39.9 Å². The highest BCUT2D eigenvalue weighted by Crippen LogP contribution is 2.22. The molecule has 0 aliphatic rings. The molecule has 3 rings (SSSR count). The first-order valence-corrected chi connectivity index (χ1v) is 10.9. The highest BCUT2D eigenvalue weighted by molar-refractivity contribution is 7.99. The molecular formula is C20H23N3O2S2. The van der Waals surface area contributed by atoms with Crippen LogP contribution in [0, 0.1) is 0 Å². The maximum Gasteiger partial charge on any atom is 0.262 e. The Hall–Kier alpha value is -2.12. The predicted octanol–water partition coefficient (Wildman–Crippen LogP) is 3.88. The molecule has 142 valence electrons. The summed E-state index contributed by atoms with van der Waals surface area (Å²) in [4.78, 5) is 31.0. The summed E-state index contributed by atoms with van der Waals surface area (Å²) in [5.41, 5.74) is 0.623. The van der Waals surface area contributed by atoms with Crippen LogP contribution in [0.25, 0.3) is 10.9 Å². The maximum absolute atomic E-state index is 12.9. The van der Waals surface area contributed by atoms with E-state index in [9.17, 15) is 9.59 Å². The van der Waals surface area contributed by atoms with Gasteiger partial charge < -0.3 is 5.32 Å². The van der Waals surface area contributed by atoms with Crippen molar-refractivity contribution in [3.63, 3.8) is 0 Å². The minimum absolute atomic E-state index is 0.0268. The molecule has 3 aromatic rings. The fourth-order valence-electron chi connectivity index (χ4n) is 2.76. The Bertz CT molecular complexity index is 967. The second kappa shape index (κ2) is 9.19. The van der Waals surface area contributed by atoms with Gasteiger partial charge in [0.05, 0.1) is 16.7 Å². The Morgan fingerprint density at radius 1 is 1.30 bits per heavy atom. The molecule has 1 atom stereocenters. The van der Waals surface area contributed by atoms with Gasteiger partial charge in [-0.15, -0.1) is 11.3 Å². The Morgan fingerprint density at radius 3 is 2.85 bits per heavy atom. The molecule has 1 aromatic carbocycles. The first kappa shape index (κ1) is 19.6. The van der Waals surface area contributed by atoms with Crippen molar-refractivity contribution in [1.82, 2.24) is 14.9 Å². The van der Waals surface area contributed by atoms with Gasteiger partial charge in [0.25, 0.3) is 5.56 Å². The summed E-state index contributed by atoms with van der Waals surface area (Å²) in [6.45, 7) is 4.66. The molecule has 0 saturated carbocycles. The molecule has 27 heavy (non-hydrogen) atoms. The van der Waals surface area contributed by atoms with Crippen molar-refractivity contribution in [2.75, 3.05) is 12.3 Å². The molecule has 0 aliphatic heterocycles. The molecule has 2 aromatic heterocycles. The number of nitrogens with one attached hydrogen (secondary N) is 1. The number of thiophene rings is 1. The van der Waals surface area contributed by atoms with Crippen LogP contribution in [0.3, 0.4) is 0 Å². The van der Waals surface area contributed by atoms with Crippen LogP contribution in [-0.2, 0) is 11.2 Å². The zero-order valence-electron chi connectivity index (χ0n) is 15.5. The summed E-state index contributed by atoms with van der Waals surface area (Å²) in [5.74, 6) is 0.195. The van der Waals surface area contributed by atoms with E-state index in [1.54, 1.807) is 22.0 Å². The van der Waals surface area contributed by atoms with Crippen LogP contribution in [0.15, 0.2) is 51.7 Å². The number of rotatable bonds is 8. The molecule has 1 amide bonds. The summed E-state index contributed by atoms with van der Waals surface area (Å²) in [7, 11) is 0. The molecule has 0 fully saturated rings. The molecule has 0 spiro atoms. The van der Waals surface area contributed by atoms with Crippen LogP contribution in [0.5, 0.6) is 0 Å². The zero-order valence-corrected chi connectivity index (χ0v) is 17.1. The largest absolute Gasteiger partial charge is 0.355 e. The van der Waals surface area contributed by atoms with E-state index in [0.29, 0.717) is 22.6 Å². The predicted molar refractivity (Wildman–Crippen MR) is 113 cm³/mol. The smallest absolute Gasteiger partial charge is 0.262 e. The first-order chi connectivity index (χ1) is 13.1. The fraction of sp³-hybridized carbons (Fsp3) is 0.350. The van der Waals surface area contributed by atoms with Crippen LogP contribution in [0.1, 0.15) is 31.2 Å². The van der Waals surface area contributed by atoms with Crippen LogP contribution in [0.4, 0.5) is 0 Å². The minimum Gasteiger partial charge on any atom is -0.355 e. The number of thioether (sulfide) groups is 1. The summed E-state index contributed by atoms with van der Waals surface area (Å²) in [5, 5.41) is 6.18. The molecule has 7 heteroatoms. The lowest BCUT2D eigenvalue weighted by Crippen LogP contribution is -2.29. The van der Waals surface area contributed by atoms with Gasteiger partial charge in [0, 0.05) is 17.5 Å². The van der Waals surface area contributed by atoms with E-state index in [0.717, 1.165) is 12.8 Å². The number of carbonyl (C=O) groups is 1. The van der Waals surface area contributed by atoms with Crippen LogP contribution >= 0.6 is 23.1 Å². The minimum atomic E-state index is -0.0466. The Labute approximate surface area is 166 Å². The summed E-state index contributed by atoms with van der Waals surface area (Å²) >= 11 is 3.01. The average Bonchev–Trinajstić information content (AvgIpc) is 3.19. The van der Waals surface area contributed by atoms with Gasteiger partial charge in [-0.25, -0.2) is 4.98 Å². The highest BCUT2D eigenvalue weighted by atomic mass is 32.2. The van der Waals surface area contributed by atoms with Gasteiger partial charge in [-0.05, 0) is 43.3 Å². The standard InChI is InChI=1S/C20H23N3O2S2/c1-3-14(2)23-19(25)16-8-4-5-9-17(16)22-20(23)27-13-18(24)21-11-10-15-7-6-12-26-15/h4-9,12,14H,3,10-11,13H2,1-2H3,(H,21,24)/t14-/m0/s1. The lowest BCUT2D eigenvalue weighted by molar-refractivity contribution is -0.118. The van der Waals surface area contributed by atoms with Gasteiger partial charge in [-0.1, -0.05) is 36.9 Å². The Kier molecular flexibility index (Phi) is 6.68. The van der Waals surface area contributed by atoms with Crippen molar-refractivity contribution in [3.8, 4) is 0 Å². The van der Waals surface area contributed by atoms with Crippen molar-refractivity contribution in [3.05, 3.63) is 57.0 Å². The van der Waals surface area contributed by atoms with Crippen molar-refractivity contribution in [2.45, 2.75) is 37.9 Å². The number of hydrogen-bond acceptors (Lipinski definition) is 5. The van der Waals surface area contributed by atoms with E-state index in [2.05, 4.69) is 16.4 Å². The quantitative estimate of drug-likeness (QED) is 0.460. The summed E-state index contributed by atoms with van der Waals surface area (Å²) < 4.78 is 1.71. The number of amides is 1. The highest BCUT2D eigenvalue weighted by Gasteiger charge is 2.16. The average molecular weight is 402 g/mol. The molecule has 0 bridgehead atoms. The van der Waals surface area contributed by atoms with Crippen LogP contribution in [0.2, 0.25) is 0 Å². The van der Waals surface area contributed by atoms with Gasteiger partial charge in [0.2, 0.25) is 5.91 Å². The summed E-state index contributed by atoms with van der Waals surface area (Å²) in [6, 6.07) is 11.5. The Balaban J connectivity index is 1.71. The van der Waals surface area contributed by atoms with Gasteiger partial charge in [0.1, 0.15) is 0 Å². The molecule has 2 heterocycles. The van der Waals surface area contributed by atoms with E-state index in [1.165, 1.54) is 16.6 Å². The lowest BCUT2D eigenvalue weighted by atomic mass is 10.2. The lowest BCUT2D eigenvalue weighted by Gasteiger charge is -2.18. The number of hydrogen-bond donors (Lipinski definition) is 1. The Morgan fingerprint density at radius 2 is 2.11 bits per heavy atom. The molecule has 0 radical (unpaired) electrons. The van der Waals surface area contributed by atoms with E-state index >= 15 is 0 Å². The third-order valence-corrected chi connectivity index (χ3v) is 6.30. The van der Waals surface area contributed by atoms with Crippen molar-refractivity contribution < 1.29 is 4.79 Å². The zero-order chi connectivity index (χ0) is 19.2. The van der Waals surface area contributed by atoms with E-state index < -0.39 is 0 Å². The van der Waals surface area contributed by atoms with Crippen LogP contribution < -0.4 is 10.9 Å². The van der Waals surface area contributed by atoms with Crippen LogP contribution in [-0.4, -0.2) is 27.8 Å². The monoisotopic (exact) mass is 401 g/mol. The van der Waals surface area contributed by atoms with Crippen molar-refractivity contribution in [1.29, 1.82) is 0 Å². The van der Waals surface area contributed by atoms with E-state index in [4.69, 9.17) is 0 Å². The third kappa shape index (κ3) is 4.78. The number of benzene rings is 1. The SMILES string of the molecule is CC[C@H](C)n1c(SCC(=O)NCCc2cccs2)nc2ccccc2c1=O. The van der Waals surface area contributed by atoms with Gasteiger partial charge in [0.15, 0.2) is 5.16 Å². The van der Waals surface area contributed by atoms with E-state index in [1.807, 2.05) is 43.5 Å². The molecular weight excluding hydrogens is 378 g/mol. The summed E-state index contributed by atoms with van der Waals surface area (Å²) in [6.07, 6.45) is 1.65. The second-order valence-corrected chi connectivity index (χ2v) is 8.29. The van der Waals surface area contributed by atoms with E-state index in [-0.39, 0.29) is 23.3 Å². The van der Waals surface area contributed by atoms with Gasteiger partial charge >= 0.3 is 0 Å². The molecule has 5 nitrogen and oxygen atoms in total. The van der Waals surface area contributed by atoms with Gasteiger partial charge in [-0.3, -0.25) is 14.2 Å². The number of para-hydroxylation sites is 1. The molecule has 0 aliphatic carbocycles. The molecule has 1 N–H and O–H groups in total. The number of fused-ring (bicyclic) bond motifs is 1. The third-order valence-electron chi connectivity index (χ3n) is 4.41. The normalized spacial score (nSPS) is 12.2. The molecule has 0 saturated heterocycles. The second-order valence-electron chi connectivity index (χ2n) is 6.31. The van der Waals surface area contributed by atoms with Gasteiger partial charge in [-0.2, -0.15) is 0 Å². The first-order valence-electron chi connectivity index (χ1n) is 9.03. The topological polar surface area (TPSA) is 64.0 Å². The fourth-order valence-corrected chi connectivity index (χ4v) is 4.40. The number of nitrogens with zero attached hydrogens (tertiary/aromatic N) is 2. The number of aromatic nitrogens is 2.